The minimum atomic E-state index is -2.07. The lowest BCUT2D eigenvalue weighted by atomic mass is 9.88. The average molecular weight is 356 g/mol. The summed E-state index contributed by atoms with van der Waals surface area (Å²) in [5, 5.41) is 16.3. The second-order valence-corrected chi connectivity index (χ2v) is 6.93. The highest BCUT2D eigenvalue weighted by molar-refractivity contribution is 6.26. The van der Waals surface area contributed by atoms with Crippen LogP contribution in [0.2, 0.25) is 0 Å². The van der Waals surface area contributed by atoms with E-state index in [-0.39, 0.29) is 0 Å². The fourth-order valence-corrected chi connectivity index (χ4v) is 3.83. The Bertz CT molecular complexity index is 399. The van der Waals surface area contributed by atoms with Gasteiger partial charge in [-0.25, -0.2) is 4.79 Å². The fraction of sp³-hybridized carbons (Fsp3) is 0.833. The molecule has 0 aliphatic heterocycles. The van der Waals surface area contributed by atoms with Crippen molar-refractivity contribution in [3.05, 3.63) is 0 Å². The van der Waals surface area contributed by atoms with E-state index in [9.17, 15) is 4.79 Å². The SMILES string of the molecule is O=C([O-])C(=O)O.[NH3+]CCCC(=O)N(C1CCCCC1)C1CCCCC1. The van der Waals surface area contributed by atoms with Gasteiger partial charge in [-0.15, -0.1) is 0 Å². The van der Waals surface area contributed by atoms with Crippen molar-refractivity contribution in [1.29, 1.82) is 0 Å². The maximum absolute atomic E-state index is 12.6. The molecule has 0 atom stereocenters. The Hall–Kier alpha value is -1.63. The number of hydrogen-bond acceptors (Lipinski definition) is 4. The fourth-order valence-electron chi connectivity index (χ4n) is 3.83. The number of carboxylic acid groups (broad SMARTS) is 2. The Labute approximate surface area is 149 Å². The molecule has 0 unspecified atom stereocenters. The van der Waals surface area contributed by atoms with E-state index in [1.54, 1.807) is 0 Å². The van der Waals surface area contributed by atoms with Gasteiger partial charge >= 0.3 is 5.97 Å². The van der Waals surface area contributed by atoms with Gasteiger partial charge in [0.2, 0.25) is 5.91 Å². The van der Waals surface area contributed by atoms with Crippen LogP contribution >= 0.6 is 0 Å². The molecule has 4 N–H and O–H groups in total. The highest BCUT2D eigenvalue weighted by Gasteiger charge is 2.31. The summed E-state index contributed by atoms with van der Waals surface area (Å²) in [6.07, 6.45) is 14.6. The van der Waals surface area contributed by atoms with Crippen molar-refractivity contribution in [3.8, 4) is 0 Å². The minimum Gasteiger partial charge on any atom is -0.539 e. The van der Waals surface area contributed by atoms with Crippen LogP contribution in [0.4, 0.5) is 0 Å². The number of aliphatic carboxylic acids is 2. The van der Waals surface area contributed by atoms with Gasteiger partial charge in [-0.3, -0.25) is 4.79 Å². The zero-order chi connectivity index (χ0) is 18.7. The molecule has 2 rings (SSSR count). The summed E-state index contributed by atoms with van der Waals surface area (Å²) in [5.41, 5.74) is 3.87. The van der Waals surface area contributed by atoms with Crippen LogP contribution in [-0.4, -0.2) is 46.5 Å². The number of amides is 1. The largest absolute Gasteiger partial charge is 0.539 e. The molecule has 25 heavy (non-hydrogen) atoms. The number of carboxylic acids is 2. The van der Waals surface area contributed by atoms with Gasteiger partial charge in [-0.2, -0.15) is 0 Å². The van der Waals surface area contributed by atoms with E-state index >= 15 is 0 Å². The summed E-state index contributed by atoms with van der Waals surface area (Å²) in [7, 11) is 0. The predicted molar refractivity (Wildman–Crippen MR) is 90.2 cm³/mol. The monoisotopic (exact) mass is 356 g/mol. The highest BCUT2D eigenvalue weighted by Crippen LogP contribution is 2.30. The van der Waals surface area contributed by atoms with E-state index in [2.05, 4.69) is 10.6 Å². The van der Waals surface area contributed by atoms with E-state index in [1.807, 2.05) is 0 Å². The van der Waals surface area contributed by atoms with Crippen LogP contribution in [0.25, 0.3) is 0 Å². The molecule has 0 heterocycles. The highest BCUT2D eigenvalue weighted by atomic mass is 16.4. The van der Waals surface area contributed by atoms with E-state index in [1.165, 1.54) is 64.2 Å². The molecule has 0 radical (unpaired) electrons. The third-order valence-electron chi connectivity index (χ3n) is 5.04. The summed E-state index contributed by atoms with van der Waals surface area (Å²) >= 11 is 0. The lowest BCUT2D eigenvalue weighted by Crippen LogP contribution is -2.52. The molecule has 0 saturated heterocycles. The van der Waals surface area contributed by atoms with Crippen LogP contribution in [0, 0.1) is 0 Å². The molecule has 7 nitrogen and oxygen atoms in total. The van der Waals surface area contributed by atoms with E-state index in [0.717, 1.165) is 19.4 Å². The van der Waals surface area contributed by atoms with Crippen molar-refractivity contribution in [2.45, 2.75) is 89.1 Å². The van der Waals surface area contributed by atoms with Crippen LogP contribution < -0.4 is 10.8 Å². The maximum atomic E-state index is 12.6. The second kappa shape index (κ2) is 11.8. The molecule has 2 aliphatic carbocycles. The molecule has 0 bridgehead atoms. The van der Waals surface area contributed by atoms with Crippen LogP contribution in [0.1, 0.15) is 77.0 Å². The van der Waals surface area contributed by atoms with Crippen molar-refractivity contribution >= 4 is 17.8 Å². The topological polar surface area (TPSA) is 125 Å². The summed E-state index contributed by atoms with van der Waals surface area (Å²) in [6.45, 7) is 0.884. The standard InChI is InChI=1S/C16H30N2O.C2H2O4/c17-13-7-12-16(19)18(14-8-3-1-4-9-14)15-10-5-2-6-11-15;3-1(4)2(5)6/h14-15H,1-13,17H2;(H,3,4)(H,5,6). The number of carbonyl (C=O) groups excluding carboxylic acids is 2. The van der Waals surface area contributed by atoms with E-state index in [0.29, 0.717) is 18.0 Å². The zero-order valence-corrected chi connectivity index (χ0v) is 15.1. The number of hydrogen-bond donors (Lipinski definition) is 2. The van der Waals surface area contributed by atoms with Gasteiger partial charge in [0.1, 0.15) is 0 Å². The van der Waals surface area contributed by atoms with Crippen LogP contribution in [0.15, 0.2) is 0 Å². The van der Waals surface area contributed by atoms with Crippen molar-refractivity contribution in [1.82, 2.24) is 4.90 Å². The summed E-state index contributed by atoms with van der Waals surface area (Å²) in [5.74, 6) is -3.59. The van der Waals surface area contributed by atoms with Crippen LogP contribution in [-0.2, 0) is 14.4 Å². The third kappa shape index (κ3) is 7.86. The van der Waals surface area contributed by atoms with E-state index in [4.69, 9.17) is 19.8 Å². The molecule has 7 heteroatoms. The first-order valence-corrected chi connectivity index (χ1v) is 9.52. The zero-order valence-electron chi connectivity index (χ0n) is 15.1. The predicted octanol–water partition coefficient (Wildman–Crippen LogP) is 0.323. The van der Waals surface area contributed by atoms with Crippen molar-refractivity contribution in [2.24, 2.45) is 0 Å². The Balaban J connectivity index is 0.000000450. The first kappa shape index (κ1) is 21.4. The smallest absolute Gasteiger partial charge is 0.351 e. The summed E-state index contributed by atoms with van der Waals surface area (Å²) in [4.78, 5) is 33.0. The minimum absolute atomic E-state index is 0.419. The third-order valence-corrected chi connectivity index (χ3v) is 5.04. The molecule has 0 spiro atoms. The average Bonchev–Trinajstić information content (AvgIpc) is 2.62. The quantitative estimate of drug-likeness (QED) is 0.686. The number of quaternary nitrogens is 1. The van der Waals surface area contributed by atoms with Gasteiger partial charge in [0.05, 0.1) is 6.54 Å². The molecule has 1 amide bonds. The lowest BCUT2D eigenvalue weighted by Gasteiger charge is -2.42. The molecular weight excluding hydrogens is 324 g/mol. The Morgan fingerprint density at radius 3 is 1.64 bits per heavy atom. The summed E-state index contributed by atoms with van der Waals surface area (Å²) < 4.78 is 0. The van der Waals surface area contributed by atoms with Gasteiger partial charge in [-0.05, 0) is 25.7 Å². The molecule has 0 aromatic carbocycles. The molecule has 144 valence electrons. The van der Waals surface area contributed by atoms with Crippen molar-refractivity contribution in [2.75, 3.05) is 6.54 Å². The van der Waals surface area contributed by atoms with Gasteiger partial charge in [0.15, 0.2) is 5.97 Å². The Kier molecular flexibility index (Phi) is 10.1. The number of nitrogens with zero attached hydrogens (tertiary/aromatic N) is 1. The number of rotatable bonds is 5. The Morgan fingerprint density at radius 2 is 1.32 bits per heavy atom. The normalized spacial score (nSPS) is 18.8. The van der Waals surface area contributed by atoms with Crippen molar-refractivity contribution < 1.29 is 30.3 Å². The molecule has 0 aromatic heterocycles. The molecule has 2 aliphatic rings. The molecule has 0 aromatic rings. The summed E-state index contributed by atoms with van der Waals surface area (Å²) in [6, 6.07) is 1.10. The molecule has 2 saturated carbocycles. The first-order chi connectivity index (χ1) is 12.0. The first-order valence-electron chi connectivity index (χ1n) is 9.52. The molecular formula is C18H32N2O5. The van der Waals surface area contributed by atoms with Gasteiger partial charge < -0.3 is 25.6 Å². The van der Waals surface area contributed by atoms with E-state index < -0.39 is 11.9 Å². The van der Waals surface area contributed by atoms with Crippen LogP contribution in [0.5, 0.6) is 0 Å². The lowest BCUT2D eigenvalue weighted by molar-refractivity contribution is -0.368. The Morgan fingerprint density at radius 1 is 0.920 bits per heavy atom. The number of carbonyl (C=O) groups is 3. The molecule has 2 fully saturated rings. The second-order valence-electron chi connectivity index (χ2n) is 6.93. The van der Waals surface area contributed by atoms with Gasteiger partial charge in [0.25, 0.3) is 0 Å². The van der Waals surface area contributed by atoms with Crippen molar-refractivity contribution in [3.63, 3.8) is 0 Å². The van der Waals surface area contributed by atoms with Gasteiger partial charge in [0, 0.05) is 24.9 Å². The van der Waals surface area contributed by atoms with Crippen LogP contribution in [0.3, 0.4) is 0 Å². The van der Waals surface area contributed by atoms with Gasteiger partial charge in [-0.1, -0.05) is 38.5 Å². The maximum Gasteiger partial charge on any atom is 0.351 e.